The van der Waals surface area contributed by atoms with Gasteiger partial charge in [0.2, 0.25) is 0 Å². The Kier molecular flexibility index (Phi) is 5.70. The van der Waals surface area contributed by atoms with Crippen LogP contribution in [0.4, 0.5) is 5.82 Å². The average molecular weight is 233 g/mol. The molecular formula is C14H23N3. The lowest BCUT2D eigenvalue weighted by atomic mass is 10.2. The van der Waals surface area contributed by atoms with Gasteiger partial charge in [0.05, 0.1) is 0 Å². The van der Waals surface area contributed by atoms with Crippen LogP contribution in [0.5, 0.6) is 0 Å². The van der Waals surface area contributed by atoms with Crippen LogP contribution in [-0.4, -0.2) is 18.1 Å². The van der Waals surface area contributed by atoms with Crippen molar-refractivity contribution in [1.29, 1.82) is 0 Å². The minimum atomic E-state index is 0.599. The SMILES string of the molecule is Cc1cnc(N)c(C=CCCNCC(C)C)c1. The number of hydrogen-bond donors (Lipinski definition) is 2. The van der Waals surface area contributed by atoms with Gasteiger partial charge in [0, 0.05) is 11.8 Å². The van der Waals surface area contributed by atoms with Gasteiger partial charge < -0.3 is 11.1 Å². The van der Waals surface area contributed by atoms with E-state index in [0.29, 0.717) is 11.7 Å². The molecule has 0 amide bonds. The van der Waals surface area contributed by atoms with E-state index < -0.39 is 0 Å². The predicted molar refractivity (Wildman–Crippen MR) is 74.7 cm³/mol. The third kappa shape index (κ3) is 5.50. The van der Waals surface area contributed by atoms with Crippen molar-refractivity contribution in [3.63, 3.8) is 0 Å². The standard InChI is InChI=1S/C14H23N3/c1-11(2)9-16-7-5-4-6-13-8-12(3)10-17-14(13)15/h4,6,8,10-11,16H,5,7,9H2,1-3H3,(H2,15,17). The van der Waals surface area contributed by atoms with Gasteiger partial charge in [-0.2, -0.15) is 0 Å². The molecule has 3 heteroatoms. The van der Waals surface area contributed by atoms with Crippen LogP contribution >= 0.6 is 0 Å². The van der Waals surface area contributed by atoms with Gasteiger partial charge in [-0.1, -0.05) is 26.0 Å². The Morgan fingerprint density at radius 1 is 1.47 bits per heavy atom. The highest BCUT2D eigenvalue weighted by molar-refractivity contribution is 5.61. The van der Waals surface area contributed by atoms with Crippen LogP contribution in [0.3, 0.4) is 0 Å². The number of aromatic nitrogens is 1. The first-order valence-corrected chi connectivity index (χ1v) is 6.19. The molecule has 0 atom stereocenters. The lowest BCUT2D eigenvalue weighted by Crippen LogP contribution is -2.20. The maximum atomic E-state index is 5.79. The fourth-order valence-electron chi connectivity index (χ4n) is 1.52. The molecule has 0 aliphatic carbocycles. The predicted octanol–water partition coefficient (Wildman–Crippen LogP) is 2.62. The van der Waals surface area contributed by atoms with Crippen molar-refractivity contribution in [3.8, 4) is 0 Å². The summed E-state index contributed by atoms with van der Waals surface area (Å²) in [7, 11) is 0. The van der Waals surface area contributed by atoms with E-state index in [1.807, 2.05) is 13.0 Å². The second kappa shape index (κ2) is 7.07. The highest BCUT2D eigenvalue weighted by atomic mass is 14.8. The third-order valence-corrected chi connectivity index (χ3v) is 2.42. The smallest absolute Gasteiger partial charge is 0.130 e. The summed E-state index contributed by atoms with van der Waals surface area (Å²) < 4.78 is 0. The summed E-state index contributed by atoms with van der Waals surface area (Å²) in [6, 6.07) is 2.06. The zero-order chi connectivity index (χ0) is 12.7. The summed E-state index contributed by atoms with van der Waals surface area (Å²) in [4.78, 5) is 4.13. The Balaban J connectivity index is 2.35. The van der Waals surface area contributed by atoms with Crippen LogP contribution in [0.2, 0.25) is 0 Å². The molecular weight excluding hydrogens is 210 g/mol. The zero-order valence-corrected chi connectivity index (χ0v) is 11.0. The van der Waals surface area contributed by atoms with Crippen LogP contribution in [-0.2, 0) is 0 Å². The number of pyridine rings is 1. The molecule has 0 spiro atoms. The Bertz CT molecular complexity index is 370. The van der Waals surface area contributed by atoms with E-state index >= 15 is 0 Å². The van der Waals surface area contributed by atoms with Gasteiger partial charge in [-0.3, -0.25) is 0 Å². The molecule has 3 nitrogen and oxygen atoms in total. The van der Waals surface area contributed by atoms with Gasteiger partial charge in [0.15, 0.2) is 0 Å². The van der Waals surface area contributed by atoms with Crippen LogP contribution in [0.15, 0.2) is 18.3 Å². The van der Waals surface area contributed by atoms with Crippen molar-refractivity contribution < 1.29 is 0 Å². The van der Waals surface area contributed by atoms with E-state index in [9.17, 15) is 0 Å². The van der Waals surface area contributed by atoms with E-state index in [0.717, 1.165) is 30.6 Å². The first-order valence-electron chi connectivity index (χ1n) is 6.19. The topological polar surface area (TPSA) is 50.9 Å². The third-order valence-electron chi connectivity index (χ3n) is 2.42. The Hall–Kier alpha value is -1.35. The fraction of sp³-hybridized carbons (Fsp3) is 0.500. The quantitative estimate of drug-likeness (QED) is 0.743. The first-order chi connectivity index (χ1) is 8.09. The van der Waals surface area contributed by atoms with Gasteiger partial charge in [0.1, 0.15) is 5.82 Å². The van der Waals surface area contributed by atoms with Crippen LogP contribution in [0, 0.1) is 12.8 Å². The largest absolute Gasteiger partial charge is 0.383 e. The van der Waals surface area contributed by atoms with Crippen molar-refractivity contribution in [2.24, 2.45) is 5.92 Å². The van der Waals surface area contributed by atoms with E-state index in [-0.39, 0.29) is 0 Å². The fourth-order valence-corrected chi connectivity index (χ4v) is 1.52. The number of hydrogen-bond acceptors (Lipinski definition) is 3. The number of rotatable bonds is 6. The molecule has 1 aromatic rings. The molecule has 0 fully saturated rings. The molecule has 94 valence electrons. The van der Waals surface area contributed by atoms with Gasteiger partial charge in [-0.05, 0) is 44.0 Å². The summed E-state index contributed by atoms with van der Waals surface area (Å²) in [6.45, 7) is 8.52. The molecule has 0 bridgehead atoms. The van der Waals surface area contributed by atoms with Crippen molar-refractivity contribution in [2.45, 2.75) is 27.2 Å². The zero-order valence-electron chi connectivity index (χ0n) is 11.0. The molecule has 3 N–H and O–H groups in total. The number of nitrogens with two attached hydrogens (primary N) is 1. The van der Waals surface area contributed by atoms with E-state index in [1.165, 1.54) is 0 Å². The maximum Gasteiger partial charge on any atom is 0.130 e. The summed E-state index contributed by atoms with van der Waals surface area (Å²) >= 11 is 0. The number of nitrogens with zero attached hydrogens (tertiary/aromatic N) is 1. The van der Waals surface area contributed by atoms with Gasteiger partial charge in [0.25, 0.3) is 0 Å². The van der Waals surface area contributed by atoms with Crippen molar-refractivity contribution >= 4 is 11.9 Å². The summed E-state index contributed by atoms with van der Waals surface area (Å²) in [5.41, 5.74) is 7.94. The summed E-state index contributed by atoms with van der Waals surface area (Å²) in [5, 5.41) is 3.40. The minimum Gasteiger partial charge on any atom is -0.383 e. The normalized spacial score (nSPS) is 11.5. The Morgan fingerprint density at radius 3 is 2.94 bits per heavy atom. The highest BCUT2D eigenvalue weighted by Crippen LogP contribution is 2.12. The van der Waals surface area contributed by atoms with Gasteiger partial charge >= 0.3 is 0 Å². The number of nitrogens with one attached hydrogen (secondary N) is 1. The average Bonchev–Trinajstić information content (AvgIpc) is 2.27. The lowest BCUT2D eigenvalue weighted by Gasteiger charge is -2.05. The lowest BCUT2D eigenvalue weighted by molar-refractivity contribution is 0.557. The molecule has 0 saturated heterocycles. The van der Waals surface area contributed by atoms with E-state index in [1.54, 1.807) is 6.20 Å². The monoisotopic (exact) mass is 233 g/mol. The molecule has 0 aromatic carbocycles. The van der Waals surface area contributed by atoms with E-state index in [2.05, 4.69) is 36.3 Å². The van der Waals surface area contributed by atoms with Crippen molar-refractivity contribution in [1.82, 2.24) is 10.3 Å². The first kappa shape index (κ1) is 13.7. The molecule has 1 rings (SSSR count). The molecule has 1 aromatic heterocycles. The minimum absolute atomic E-state index is 0.599. The second-order valence-electron chi connectivity index (χ2n) is 4.78. The summed E-state index contributed by atoms with van der Waals surface area (Å²) in [5.74, 6) is 1.30. The van der Waals surface area contributed by atoms with Gasteiger partial charge in [-0.25, -0.2) is 4.98 Å². The van der Waals surface area contributed by atoms with Crippen LogP contribution in [0.1, 0.15) is 31.4 Å². The molecule has 0 saturated carbocycles. The maximum absolute atomic E-state index is 5.79. The van der Waals surface area contributed by atoms with Crippen LogP contribution in [0.25, 0.3) is 6.08 Å². The number of anilines is 1. The molecule has 0 aliphatic heterocycles. The highest BCUT2D eigenvalue weighted by Gasteiger charge is 1.96. The molecule has 0 radical (unpaired) electrons. The molecule has 0 unspecified atom stereocenters. The van der Waals surface area contributed by atoms with Crippen molar-refractivity contribution in [3.05, 3.63) is 29.5 Å². The Morgan fingerprint density at radius 2 is 2.24 bits per heavy atom. The molecule has 17 heavy (non-hydrogen) atoms. The Labute approximate surface area is 104 Å². The van der Waals surface area contributed by atoms with Crippen molar-refractivity contribution in [2.75, 3.05) is 18.8 Å². The number of aryl methyl sites for hydroxylation is 1. The molecule has 1 heterocycles. The van der Waals surface area contributed by atoms with E-state index in [4.69, 9.17) is 5.73 Å². The van der Waals surface area contributed by atoms with Crippen LogP contribution < -0.4 is 11.1 Å². The van der Waals surface area contributed by atoms with Gasteiger partial charge in [-0.15, -0.1) is 0 Å². The molecule has 0 aliphatic rings. The second-order valence-corrected chi connectivity index (χ2v) is 4.78. The number of nitrogen functional groups attached to an aromatic ring is 1. The summed E-state index contributed by atoms with van der Waals surface area (Å²) in [6.07, 6.45) is 6.99.